The number of aryl methyl sites for hydroxylation is 5. The number of phenolic OH excluding ortho intramolecular Hbond substituents is 1. The third-order valence-electron chi connectivity index (χ3n) is 17.4. The highest BCUT2D eigenvalue weighted by atomic mass is 127. The summed E-state index contributed by atoms with van der Waals surface area (Å²) < 4.78 is 50.6. The van der Waals surface area contributed by atoms with Crippen molar-refractivity contribution in [1.82, 2.24) is 66.5 Å². The summed E-state index contributed by atoms with van der Waals surface area (Å²) in [6, 6.07) is 37.5. The number of carbonyl (C=O) groups is 10. The van der Waals surface area contributed by atoms with Crippen LogP contribution in [-0.2, 0) is 84.5 Å². The molecule has 0 aliphatic carbocycles. The fourth-order valence-corrected chi connectivity index (χ4v) is 11.3. The second-order valence-corrected chi connectivity index (χ2v) is 36.2. The van der Waals surface area contributed by atoms with Gasteiger partial charge in [0.2, 0.25) is 11.9 Å². The molecule has 21 N–H and O–H groups in total. The van der Waals surface area contributed by atoms with E-state index in [9.17, 15) is 47.9 Å². The lowest BCUT2D eigenvalue weighted by atomic mass is 10.1. The highest BCUT2D eigenvalue weighted by Gasteiger charge is 2.21. The highest BCUT2D eigenvalue weighted by molar-refractivity contribution is 14.0. The molecule has 7 amide bonds. The number of aliphatic carboxylic acids is 1. The minimum absolute atomic E-state index is 0. The van der Waals surface area contributed by atoms with Crippen molar-refractivity contribution in [1.29, 1.82) is 5.41 Å². The van der Waals surface area contributed by atoms with Gasteiger partial charge in [-0.3, -0.25) is 35.2 Å². The normalized spacial score (nSPS) is 10.2. The van der Waals surface area contributed by atoms with Gasteiger partial charge >= 0.3 is 42.3 Å². The molecule has 818 valence electrons. The van der Waals surface area contributed by atoms with Gasteiger partial charge in [0.15, 0.2) is 60.0 Å². The molecule has 9 rings (SSSR count). The number of benzene rings is 5. The van der Waals surface area contributed by atoms with Crippen molar-refractivity contribution >= 4 is 170 Å². The molecule has 47 heteroatoms. The maximum Gasteiger partial charge on any atom is 0.407 e. The Morgan fingerprint density at radius 1 is 0.442 bits per heavy atom. The summed E-state index contributed by atoms with van der Waals surface area (Å²) in [5.74, 6) is 1.05. The predicted molar refractivity (Wildman–Crippen MR) is 590 cm³/mol. The molecule has 0 saturated heterocycles. The van der Waals surface area contributed by atoms with Gasteiger partial charge in [0, 0.05) is 63.4 Å². The van der Waals surface area contributed by atoms with Crippen LogP contribution in [0, 0.1) is 5.41 Å². The Balaban J connectivity index is -0.00000165. The summed E-state index contributed by atoms with van der Waals surface area (Å²) in [6.45, 7) is 24.6. The number of alkyl halides is 1. The number of nitrogens with two attached hydrogens (primary N) is 4. The number of phenols is 1. The zero-order valence-corrected chi connectivity index (χ0v) is 91.1. The molecule has 4 heterocycles. The average Bonchev–Trinajstić information content (AvgIpc) is 1.31. The molecular formula is C100H152BrCl2IN20O22S. The van der Waals surface area contributed by atoms with E-state index in [0.717, 1.165) is 120 Å². The number of carbonyl (C=O) groups excluding carboxylic acids is 9. The first-order chi connectivity index (χ1) is 67.7. The molecule has 0 bridgehead atoms. The molecule has 5 aromatic carbocycles. The number of nitrogens with one attached hydrogen (secondary N) is 11. The molecule has 0 radical (unpaired) electrons. The van der Waals surface area contributed by atoms with Gasteiger partial charge in [-0.15, -0.1) is 36.4 Å². The maximum atomic E-state index is 11.7. The Hall–Kier alpha value is -13.1. The smallest absolute Gasteiger partial charge is 0.407 e. The van der Waals surface area contributed by atoms with Crippen LogP contribution in [-0.4, -0.2) is 223 Å². The monoisotopic (exact) mass is 2290 g/mol. The van der Waals surface area contributed by atoms with Gasteiger partial charge in [0.25, 0.3) is 17.7 Å². The molecular weight excluding hydrogens is 2140 g/mol. The topological polar surface area (TPSA) is 627 Å². The van der Waals surface area contributed by atoms with Crippen LogP contribution in [0.4, 0.5) is 48.7 Å². The number of hydrogen-bond donors (Lipinski definition) is 17. The number of methoxy groups -OCH3 is 2. The van der Waals surface area contributed by atoms with Crippen LogP contribution in [0.3, 0.4) is 0 Å². The summed E-state index contributed by atoms with van der Waals surface area (Å²) in [4.78, 5) is 139. The fraction of sp³-hybridized carbons (Fsp3) is 0.460. The van der Waals surface area contributed by atoms with E-state index in [2.05, 4.69) is 102 Å². The number of aromatic nitrogens is 8. The summed E-state index contributed by atoms with van der Waals surface area (Å²) in [7, 11) is 2.68. The zero-order valence-electron chi connectivity index (χ0n) is 84.8. The molecule has 147 heavy (non-hydrogen) atoms. The van der Waals surface area contributed by atoms with Crippen molar-refractivity contribution < 1.29 is 106 Å². The number of imidazole rings is 3. The number of amidine groups is 1. The molecule has 0 aliphatic rings. The van der Waals surface area contributed by atoms with Crippen molar-refractivity contribution in [2.75, 3.05) is 113 Å². The molecule has 0 aliphatic heterocycles. The number of rotatable bonds is 40. The quantitative estimate of drug-likeness (QED) is 0.00322. The summed E-state index contributed by atoms with van der Waals surface area (Å²) in [6.07, 6.45) is 23.9. The maximum absolute atomic E-state index is 11.7. The Kier molecular flexibility index (Phi) is 73.4. The summed E-state index contributed by atoms with van der Waals surface area (Å²) in [5.41, 5.74) is 25.3. The van der Waals surface area contributed by atoms with Crippen LogP contribution in [0.15, 0.2) is 159 Å². The Labute approximate surface area is 902 Å². The number of aromatic hydroxyl groups is 1. The SMILES string of the molecule is C.C.CC(C)(C)OC(=O)NCCCCc1ccc(O)cc1.CC(C)(C)OC(=O)NCCCCc1ccc(OCC(=O)Nc2ncc[nH]2)cc1.CC(C)(C)OC(=O)NCCCCc1ccc(OCC(=O)O)cc1.COC(=O)CBr.COC(=O)COc1ccc(CCCCNC(=O)OC(C)(C)C)cc1.CSC(=N)NC(=O)c1nc(Cl)c(N)nc1N.Cl.I.NCCCCc1ccc(OCC(=O)Nc2ncc[nH]2)cc1.Nc1ncc[nH]1. The number of hydrogen-bond acceptors (Lipinski definition) is 32. The molecule has 4 aromatic heterocycles. The van der Waals surface area contributed by atoms with Crippen LogP contribution in [0.1, 0.15) is 200 Å². The Bertz CT molecular complexity index is 5140. The van der Waals surface area contributed by atoms with Crippen LogP contribution < -0.4 is 79.1 Å². The fourth-order valence-electron chi connectivity index (χ4n) is 10.8. The third-order valence-corrected chi connectivity index (χ3v) is 18.6. The largest absolute Gasteiger partial charge is 0.508 e. The van der Waals surface area contributed by atoms with Gasteiger partial charge in [-0.2, -0.15) is 0 Å². The van der Waals surface area contributed by atoms with Crippen molar-refractivity contribution in [2.45, 2.75) is 217 Å². The number of esters is 2. The number of aromatic amines is 3. The van der Waals surface area contributed by atoms with Crippen molar-refractivity contribution in [3.63, 3.8) is 0 Å². The Morgan fingerprint density at radius 3 is 1.01 bits per heavy atom. The van der Waals surface area contributed by atoms with Gasteiger partial charge in [-0.05, 0) is 281 Å². The molecule has 0 saturated carbocycles. The van der Waals surface area contributed by atoms with Crippen molar-refractivity contribution in [3.8, 4) is 28.7 Å². The van der Waals surface area contributed by atoms with Gasteiger partial charge in [0.1, 0.15) is 56.5 Å². The molecule has 0 spiro atoms. The highest BCUT2D eigenvalue weighted by Crippen LogP contribution is 2.22. The molecule has 0 fully saturated rings. The van der Waals surface area contributed by atoms with Gasteiger partial charge in [-0.25, -0.2) is 53.7 Å². The summed E-state index contributed by atoms with van der Waals surface area (Å²) in [5, 5.41) is 43.5. The van der Waals surface area contributed by atoms with Crippen LogP contribution >= 0.6 is 75.7 Å². The molecule has 0 atom stereocenters. The lowest BCUT2D eigenvalue weighted by Crippen LogP contribution is -2.33. The number of H-pyrrole nitrogens is 3. The second-order valence-electron chi connectivity index (χ2n) is 34.4. The van der Waals surface area contributed by atoms with Crippen LogP contribution in [0.2, 0.25) is 5.15 Å². The van der Waals surface area contributed by atoms with E-state index in [1.807, 2.05) is 180 Å². The van der Waals surface area contributed by atoms with Crippen molar-refractivity contribution in [2.24, 2.45) is 5.73 Å². The van der Waals surface area contributed by atoms with E-state index in [0.29, 0.717) is 67.0 Å². The van der Waals surface area contributed by atoms with Crippen LogP contribution in [0.25, 0.3) is 0 Å². The lowest BCUT2D eigenvalue weighted by molar-refractivity contribution is -0.143. The lowest BCUT2D eigenvalue weighted by Gasteiger charge is -2.19. The standard InChI is InChI=1S/C20H28N4O4.C18H27NO5.C17H25NO5.C15H20N4O2.C15H23NO3.C7H9ClN6OS.C3H5BrO2.C3H5N3.2CH4.ClH.HI/c1-20(2,3)28-19(26)23-11-5-4-6-15-7-9-16(10-8-15)27-14-17(25)24-18-21-12-13-22-18;1-18(2,3)24-17(21)19-12-6-5-7-14-8-10-15(11-9-14)23-13-16(20)22-4;1-17(2,3)23-16(21)18-11-5-4-6-13-7-9-14(10-8-13)22-12-15(19)20;16-8-2-1-3-12-4-6-13(7-5-12)21-11-14(20)19-15-17-9-10-18-15;1-15(2,3)19-14(18)16-11-5-4-6-12-7-9-13(17)10-8-12;1-16-7(11)14-6(15)2-4(9)13-5(10)3(8)12-2;1-6-3(5)2-4;4-3-5-1-2-6-3;;;;/h7-10,12-13H,4-6,11,14H2,1-3H3,(H,23,26)(H2,21,22,24,25);8-11H,5-7,12-13H2,1-4H3,(H,19,21);7-10H,4-6,11-12H2,1-3H3,(H,18,21)(H,19,20);4-7,9-10H,1-3,8,11,16H2,(H2,17,18,19,20);7-10,17H,4-6,11H2,1-3H3,(H,16,18);1H3,(H4,9,10,13)(H2,11,14,15);2H2,1H3;1-2H,(H3,4,5,6);2*1H4;2*1H. The number of carboxylic acids is 1. The minimum atomic E-state index is -0.994. The number of anilines is 5. The second kappa shape index (κ2) is 78.2. The first-order valence-corrected chi connectivity index (χ1v) is 48.4. The molecule has 9 aromatic rings. The number of thioether (sulfide) groups is 1. The number of carboxylic acid groups (broad SMARTS) is 1. The summed E-state index contributed by atoms with van der Waals surface area (Å²) >= 11 is 9.57. The number of amides is 7. The number of nitrogens with zero attached hydrogens (tertiary/aromatic N) is 5. The van der Waals surface area contributed by atoms with E-state index in [-0.39, 0.29) is 152 Å². The van der Waals surface area contributed by atoms with Gasteiger partial charge in [-0.1, -0.05) is 115 Å². The number of unbranched alkanes of at least 4 members (excludes halogenated alkanes) is 5. The van der Waals surface area contributed by atoms with Crippen molar-refractivity contribution in [3.05, 3.63) is 197 Å². The first-order valence-electron chi connectivity index (χ1n) is 45.7. The first kappa shape index (κ1) is 138. The molecule has 0 unspecified atom stereocenters. The average molecular weight is 2300 g/mol. The van der Waals surface area contributed by atoms with E-state index in [1.165, 1.54) is 36.5 Å². The zero-order chi connectivity index (χ0) is 107. The predicted octanol–water partition coefficient (Wildman–Crippen LogP) is 17.5. The Morgan fingerprint density at radius 2 is 0.748 bits per heavy atom. The third kappa shape index (κ3) is 74.4. The van der Waals surface area contributed by atoms with Crippen LogP contribution in [0.5, 0.6) is 28.7 Å². The minimum Gasteiger partial charge on any atom is -0.508 e. The number of alkyl carbamates (subject to hydrolysis) is 4. The number of ether oxygens (including phenoxy) is 10. The number of nitrogen functional groups attached to an aromatic ring is 3. The number of halogens is 4. The van der Waals surface area contributed by atoms with E-state index < -0.39 is 46.3 Å². The van der Waals surface area contributed by atoms with E-state index in [1.54, 1.807) is 67.7 Å². The van der Waals surface area contributed by atoms with E-state index >= 15 is 0 Å². The molecule has 42 nitrogen and oxygen atoms in total. The van der Waals surface area contributed by atoms with Gasteiger partial charge < -0.3 is 122 Å². The van der Waals surface area contributed by atoms with Gasteiger partial charge in [0.05, 0.1) is 14.2 Å². The van der Waals surface area contributed by atoms with E-state index in [4.69, 9.17) is 88.1 Å².